The molecule has 1 atom stereocenters. The highest BCUT2D eigenvalue weighted by Crippen LogP contribution is 2.26. The number of hydrogen-bond acceptors (Lipinski definition) is 3. The minimum Gasteiger partial charge on any atom is -0.369 e. The zero-order chi connectivity index (χ0) is 19.8. The monoisotopic (exact) mass is 386 g/mol. The quantitative estimate of drug-likeness (QED) is 0.577. The van der Waals surface area contributed by atoms with E-state index in [9.17, 15) is 9.59 Å². The number of primary amides is 1. The second-order valence-corrected chi connectivity index (χ2v) is 8.02. The van der Waals surface area contributed by atoms with Crippen molar-refractivity contribution in [3.63, 3.8) is 0 Å². The minimum atomic E-state index is -0.381. The predicted octanol–water partition coefficient (Wildman–Crippen LogP) is 2.04. The van der Waals surface area contributed by atoms with E-state index in [0.717, 1.165) is 16.3 Å². The SMILES string of the molecule is CC(C)c1ccc(C[NH+](C)CC(=O)Nc2ccccc2SCC(N)=O)cc1. The molecule has 27 heavy (non-hydrogen) atoms. The molecular formula is C21H28N3O2S+. The number of thioether (sulfide) groups is 1. The second-order valence-electron chi connectivity index (χ2n) is 7.01. The fourth-order valence-corrected chi connectivity index (χ4v) is 3.49. The molecule has 2 aromatic rings. The van der Waals surface area contributed by atoms with Gasteiger partial charge < -0.3 is 16.0 Å². The Morgan fingerprint density at radius 1 is 1.11 bits per heavy atom. The molecule has 4 N–H and O–H groups in total. The van der Waals surface area contributed by atoms with Crippen LogP contribution in [0.15, 0.2) is 53.4 Å². The van der Waals surface area contributed by atoms with Gasteiger partial charge in [-0.1, -0.05) is 50.2 Å². The van der Waals surface area contributed by atoms with Gasteiger partial charge in [-0.2, -0.15) is 0 Å². The first-order chi connectivity index (χ1) is 12.8. The maximum atomic E-state index is 12.4. The lowest BCUT2D eigenvalue weighted by Crippen LogP contribution is -3.08. The molecule has 5 nitrogen and oxygen atoms in total. The van der Waals surface area contributed by atoms with Crippen molar-refractivity contribution >= 4 is 29.3 Å². The van der Waals surface area contributed by atoms with E-state index in [1.54, 1.807) is 0 Å². The molecule has 0 aliphatic heterocycles. The van der Waals surface area contributed by atoms with E-state index in [4.69, 9.17) is 5.73 Å². The van der Waals surface area contributed by atoms with E-state index >= 15 is 0 Å². The van der Waals surface area contributed by atoms with Gasteiger partial charge in [0.1, 0.15) is 6.54 Å². The van der Waals surface area contributed by atoms with Crippen LogP contribution in [0, 0.1) is 0 Å². The molecule has 0 saturated heterocycles. The summed E-state index contributed by atoms with van der Waals surface area (Å²) in [4.78, 5) is 25.4. The number of likely N-dealkylation sites (N-methyl/N-ethyl adjacent to an activating group) is 1. The molecule has 0 spiro atoms. The predicted molar refractivity (Wildman–Crippen MR) is 111 cm³/mol. The van der Waals surface area contributed by atoms with Crippen molar-refractivity contribution in [3.05, 3.63) is 59.7 Å². The van der Waals surface area contributed by atoms with E-state index in [1.807, 2.05) is 31.3 Å². The highest BCUT2D eigenvalue weighted by atomic mass is 32.2. The molecule has 0 fully saturated rings. The average Bonchev–Trinajstić information content (AvgIpc) is 2.61. The number of carbonyl (C=O) groups is 2. The highest BCUT2D eigenvalue weighted by molar-refractivity contribution is 8.00. The van der Waals surface area contributed by atoms with Gasteiger partial charge in [-0.15, -0.1) is 11.8 Å². The molecule has 2 aromatic carbocycles. The standard InChI is InChI=1S/C21H27N3O2S/c1-15(2)17-10-8-16(9-11-17)12-24(3)13-21(26)23-18-6-4-5-7-19(18)27-14-20(22)25/h4-11,15H,12-14H2,1-3H3,(H2,22,25)(H,23,26)/p+1. The van der Waals surface area contributed by atoms with Crippen LogP contribution in [0.4, 0.5) is 5.69 Å². The second kappa shape index (κ2) is 10.1. The third-order valence-corrected chi connectivity index (χ3v) is 5.24. The van der Waals surface area contributed by atoms with Crippen molar-refractivity contribution in [2.24, 2.45) is 5.73 Å². The molecule has 144 valence electrons. The first kappa shape index (κ1) is 21.0. The molecule has 0 radical (unpaired) electrons. The van der Waals surface area contributed by atoms with Crippen LogP contribution >= 0.6 is 11.8 Å². The fourth-order valence-electron chi connectivity index (χ4n) is 2.74. The molecule has 0 aliphatic rings. The zero-order valence-electron chi connectivity index (χ0n) is 16.1. The molecule has 2 amide bonds. The zero-order valence-corrected chi connectivity index (χ0v) is 16.9. The Morgan fingerprint density at radius 2 is 1.78 bits per heavy atom. The van der Waals surface area contributed by atoms with Crippen LogP contribution in [0.1, 0.15) is 30.9 Å². The van der Waals surface area contributed by atoms with Gasteiger partial charge in [0.15, 0.2) is 6.54 Å². The lowest BCUT2D eigenvalue weighted by Gasteiger charge is -2.15. The van der Waals surface area contributed by atoms with Gasteiger partial charge in [-0.25, -0.2) is 0 Å². The van der Waals surface area contributed by atoms with Crippen LogP contribution in [-0.4, -0.2) is 31.2 Å². The number of anilines is 1. The van der Waals surface area contributed by atoms with Crippen molar-refractivity contribution < 1.29 is 14.5 Å². The normalized spacial score (nSPS) is 12.0. The molecule has 0 heterocycles. The molecule has 1 unspecified atom stereocenters. The van der Waals surface area contributed by atoms with E-state index in [-0.39, 0.29) is 17.6 Å². The number of carbonyl (C=O) groups excluding carboxylic acids is 2. The molecule has 0 bridgehead atoms. The third-order valence-electron chi connectivity index (χ3n) is 4.15. The Bertz CT molecular complexity index is 775. The number of para-hydroxylation sites is 1. The first-order valence-electron chi connectivity index (χ1n) is 9.05. The largest absolute Gasteiger partial charge is 0.369 e. The average molecular weight is 387 g/mol. The fraction of sp³-hybridized carbons (Fsp3) is 0.333. The lowest BCUT2D eigenvalue weighted by atomic mass is 10.0. The molecule has 6 heteroatoms. The van der Waals surface area contributed by atoms with Gasteiger partial charge in [0.25, 0.3) is 5.91 Å². The summed E-state index contributed by atoms with van der Waals surface area (Å²) in [5.41, 5.74) is 8.45. The third kappa shape index (κ3) is 7.07. The molecule has 0 saturated carbocycles. The summed E-state index contributed by atoms with van der Waals surface area (Å²) in [6.45, 7) is 5.50. The Hall–Kier alpha value is -2.31. The summed E-state index contributed by atoms with van der Waals surface area (Å²) in [5, 5.41) is 2.94. The number of nitrogens with two attached hydrogens (primary N) is 1. The number of nitrogens with one attached hydrogen (secondary N) is 2. The van der Waals surface area contributed by atoms with Gasteiger partial charge in [-0.3, -0.25) is 9.59 Å². The van der Waals surface area contributed by atoms with Crippen molar-refractivity contribution in [2.75, 3.05) is 24.7 Å². The van der Waals surface area contributed by atoms with Crippen LogP contribution in [0.25, 0.3) is 0 Å². The Balaban J connectivity index is 1.90. The van der Waals surface area contributed by atoms with Crippen molar-refractivity contribution in [1.82, 2.24) is 0 Å². The lowest BCUT2D eigenvalue weighted by molar-refractivity contribution is -0.885. The first-order valence-corrected chi connectivity index (χ1v) is 10.0. The molecule has 0 aliphatic carbocycles. The number of hydrogen-bond donors (Lipinski definition) is 3. The summed E-state index contributed by atoms with van der Waals surface area (Å²) in [6, 6.07) is 16.0. The summed E-state index contributed by atoms with van der Waals surface area (Å²) in [5.74, 6) is 0.263. The minimum absolute atomic E-state index is 0.0570. The summed E-state index contributed by atoms with van der Waals surface area (Å²) < 4.78 is 0. The van der Waals surface area contributed by atoms with Crippen LogP contribution in [0.5, 0.6) is 0 Å². The van der Waals surface area contributed by atoms with Gasteiger partial charge in [0.2, 0.25) is 5.91 Å². The Morgan fingerprint density at radius 3 is 2.41 bits per heavy atom. The maximum absolute atomic E-state index is 12.4. The van der Waals surface area contributed by atoms with Crippen molar-refractivity contribution in [2.45, 2.75) is 31.2 Å². The number of rotatable bonds is 9. The van der Waals surface area contributed by atoms with Crippen LogP contribution < -0.4 is 16.0 Å². The number of quaternary nitrogens is 1. The number of amides is 2. The molecule has 0 aromatic heterocycles. The molecule has 2 rings (SSSR count). The Labute approximate surface area is 165 Å². The van der Waals surface area contributed by atoms with E-state index in [2.05, 4.69) is 43.4 Å². The van der Waals surface area contributed by atoms with E-state index in [1.165, 1.54) is 22.9 Å². The van der Waals surface area contributed by atoms with Crippen LogP contribution in [0.2, 0.25) is 0 Å². The number of benzene rings is 2. The van der Waals surface area contributed by atoms with Crippen molar-refractivity contribution in [1.29, 1.82) is 0 Å². The maximum Gasteiger partial charge on any atom is 0.279 e. The topological polar surface area (TPSA) is 76.6 Å². The van der Waals surface area contributed by atoms with E-state index < -0.39 is 0 Å². The van der Waals surface area contributed by atoms with Gasteiger partial charge in [-0.05, 0) is 23.6 Å². The smallest absolute Gasteiger partial charge is 0.279 e. The molecular weight excluding hydrogens is 358 g/mol. The van der Waals surface area contributed by atoms with Gasteiger partial charge in [0.05, 0.1) is 18.5 Å². The Kier molecular flexibility index (Phi) is 7.88. The summed E-state index contributed by atoms with van der Waals surface area (Å²) >= 11 is 1.33. The van der Waals surface area contributed by atoms with Gasteiger partial charge in [0, 0.05) is 10.5 Å². The van der Waals surface area contributed by atoms with Crippen LogP contribution in [-0.2, 0) is 16.1 Å². The van der Waals surface area contributed by atoms with E-state index in [0.29, 0.717) is 18.2 Å². The summed E-state index contributed by atoms with van der Waals surface area (Å²) in [7, 11) is 2.00. The van der Waals surface area contributed by atoms with Crippen molar-refractivity contribution in [3.8, 4) is 0 Å². The highest BCUT2D eigenvalue weighted by Gasteiger charge is 2.13. The van der Waals surface area contributed by atoms with Gasteiger partial charge >= 0.3 is 0 Å². The summed E-state index contributed by atoms with van der Waals surface area (Å²) in [6.07, 6.45) is 0. The van der Waals surface area contributed by atoms with Crippen LogP contribution in [0.3, 0.4) is 0 Å².